The topological polar surface area (TPSA) is 38.5 Å². The van der Waals surface area contributed by atoms with Crippen LogP contribution in [-0.2, 0) is 0 Å². The standard InChI is InChI=1S/C18H28N2O/c1-21-17-8-4-7-15(11-17)18(19)13-20-10-9-14-5-2-3-6-16(14)12-20/h4,7-8,11,14,16,18H,2-3,5-6,9-10,12-13,19H2,1H3. The molecular weight excluding hydrogens is 260 g/mol. The summed E-state index contributed by atoms with van der Waals surface area (Å²) in [5.41, 5.74) is 7.60. The molecule has 1 aliphatic carbocycles. The van der Waals surface area contributed by atoms with E-state index in [2.05, 4.69) is 17.0 Å². The van der Waals surface area contributed by atoms with Gasteiger partial charge in [0.15, 0.2) is 0 Å². The zero-order valence-corrected chi connectivity index (χ0v) is 13.1. The highest BCUT2D eigenvalue weighted by Crippen LogP contribution is 2.36. The summed E-state index contributed by atoms with van der Waals surface area (Å²) < 4.78 is 5.30. The lowest BCUT2D eigenvalue weighted by molar-refractivity contribution is 0.0828. The number of benzene rings is 1. The van der Waals surface area contributed by atoms with Crippen molar-refractivity contribution in [2.45, 2.75) is 38.1 Å². The summed E-state index contributed by atoms with van der Waals surface area (Å²) in [5.74, 6) is 2.81. The maximum absolute atomic E-state index is 6.42. The smallest absolute Gasteiger partial charge is 0.119 e. The van der Waals surface area contributed by atoms with Crippen LogP contribution in [-0.4, -0.2) is 31.6 Å². The lowest BCUT2D eigenvalue weighted by Crippen LogP contribution is -2.44. The third-order valence-corrected chi connectivity index (χ3v) is 5.35. The van der Waals surface area contributed by atoms with Crippen molar-refractivity contribution in [3.05, 3.63) is 29.8 Å². The van der Waals surface area contributed by atoms with E-state index in [1.165, 1.54) is 50.8 Å². The van der Waals surface area contributed by atoms with Gasteiger partial charge in [-0.05, 0) is 48.9 Å². The van der Waals surface area contributed by atoms with Crippen LogP contribution in [0.3, 0.4) is 0 Å². The number of methoxy groups -OCH3 is 1. The number of nitrogens with two attached hydrogens (primary N) is 1. The number of hydrogen-bond acceptors (Lipinski definition) is 3. The highest BCUT2D eigenvalue weighted by Gasteiger charge is 2.31. The molecule has 2 N–H and O–H groups in total. The van der Waals surface area contributed by atoms with Gasteiger partial charge in [0, 0.05) is 19.1 Å². The second kappa shape index (κ2) is 6.80. The Bertz CT molecular complexity index is 462. The lowest BCUT2D eigenvalue weighted by atomic mass is 9.75. The Kier molecular flexibility index (Phi) is 4.81. The third kappa shape index (κ3) is 3.58. The molecule has 1 aromatic rings. The fourth-order valence-electron chi connectivity index (χ4n) is 4.10. The van der Waals surface area contributed by atoms with Gasteiger partial charge in [-0.25, -0.2) is 0 Å². The first-order valence-electron chi connectivity index (χ1n) is 8.38. The zero-order chi connectivity index (χ0) is 14.7. The van der Waals surface area contributed by atoms with E-state index in [-0.39, 0.29) is 6.04 Å². The van der Waals surface area contributed by atoms with Crippen molar-refractivity contribution >= 4 is 0 Å². The number of hydrogen-bond donors (Lipinski definition) is 1. The number of rotatable bonds is 4. The molecule has 3 heteroatoms. The van der Waals surface area contributed by atoms with Crippen LogP contribution in [0.15, 0.2) is 24.3 Å². The van der Waals surface area contributed by atoms with Gasteiger partial charge in [-0.1, -0.05) is 31.4 Å². The summed E-state index contributed by atoms with van der Waals surface area (Å²) in [5, 5.41) is 0. The Labute approximate surface area is 128 Å². The van der Waals surface area contributed by atoms with Gasteiger partial charge in [0.05, 0.1) is 7.11 Å². The summed E-state index contributed by atoms with van der Waals surface area (Å²) in [4.78, 5) is 2.58. The molecule has 1 heterocycles. The minimum Gasteiger partial charge on any atom is -0.497 e. The molecule has 3 nitrogen and oxygen atoms in total. The monoisotopic (exact) mass is 288 g/mol. The molecule has 1 aliphatic heterocycles. The summed E-state index contributed by atoms with van der Waals surface area (Å²) in [6.07, 6.45) is 7.13. The van der Waals surface area contributed by atoms with E-state index >= 15 is 0 Å². The molecule has 1 saturated heterocycles. The molecule has 3 atom stereocenters. The molecule has 1 saturated carbocycles. The number of ether oxygens (including phenoxy) is 1. The van der Waals surface area contributed by atoms with Crippen molar-refractivity contribution in [2.75, 3.05) is 26.7 Å². The van der Waals surface area contributed by atoms with Crippen molar-refractivity contribution in [1.82, 2.24) is 4.90 Å². The lowest BCUT2D eigenvalue weighted by Gasteiger charge is -2.42. The molecule has 0 bridgehead atoms. The molecule has 0 radical (unpaired) electrons. The molecular formula is C18H28N2O. The van der Waals surface area contributed by atoms with E-state index in [1.807, 2.05) is 12.1 Å². The van der Waals surface area contributed by atoms with Crippen molar-refractivity contribution in [1.29, 1.82) is 0 Å². The predicted octanol–water partition coefficient (Wildman–Crippen LogP) is 3.21. The van der Waals surface area contributed by atoms with Crippen LogP contribution in [0.2, 0.25) is 0 Å². The maximum atomic E-state index is 6.42. The van der Waals surface area contributed by atoms with Crippen molar-refractivity contribution < 1.29 is 4.74 Å². The van der Waals surface area contributed by atoms with Gasteiger partial charge in [-0.2, -0.15) is 0 Å². The molecule has 0 spiro atoms. The third-order valence-electron chi connectivity index (χ3n) is 5.35. The van der Waals surface area contributed by atoms with E-state index < -0.39 is 0 Å². The highest BCUT2D eigenvalue weighted by molar-refractivity contribution is 5.30. The second-order valence-corrected chi connectivity index (χ2v) is 6.74. The molecule has 1 aromatic carbocycles. The largest absolute Gasteiger partial charge is 0.497 e. The van der Waals surface area contributed by atoms with Crippen LogP contribution in [0.5, 0.6) is 5.75 Å². The van der Waals surface area contributed by atoms with E-state index in [1.54, 1.807) is 7.11 Å². The molecule has 2 fully saturated rings. The Morgan fingerprint density at radius 2 is 2.05 bits per heavy atom. The molecule has 2 aliphatic rings. The zero-order valence-electron chi connectivity index (χ0n) is 13.1. The summed E-state index contributed by atoms with van der Waals surface area (Å²) >= 11 is 0. The normalized spacial score (nSPS) is 27.9. The van der Waals surface area contributed by atoms with Gasteiger partial charge < -0.3 is 15.4 Å². The average molecular weight is 288 g/mol. The van der Waals surface area contributed by atoms with Gasteiger partial charge in [-0.3, -0.25) is 0 Å². The van der Waals surface area contributed by atoms with Crippen LogP contribution in [0.4, 0.5) is 0 Å². The molecule has 3 unspecified atom stereocenters. The molecule has 3 rings (SSSR count). The SMILES string of the molecule is COc1cccc(C(N)CN2CCC3CCCCC3C2)c1. The van der Waals surface area contributed by atoms with Crippen LogP contribution in [0.1, 0.15) is 43.7 Å². The number of nitrogens with zero attached hydrogens (tertiary/aromatic N) is 1. The van der Waals surface area contributed by atoms with Crippen LogP contribution < -0.4 is 10.5 Å². The van der Waals surface area contributed by atoms with E-state index in [4.69, 9.17) is 10.5 Å². The number of likely N-dealkylation sites (tertiary alicyclic amines) is 1. The first-order valence-corrected chi connectivity index (χ1v) is 8.38. The van der Waals surface area contributed by atoms with E-state index in [0.29, 0.717) is 0 Å². The maximum Gasteiger partial charge on any atom is 0.119 e. The van der Waals surface area contributed by atoms with Gasteiger partial charge in [-0.15, -0.1) is 0 Å². The second-order valence-electron chi connectivity index (χ2n) is 6.74. The molecule has 0 aromatic heterocycles. The molecule has 21 heavy (non-hydrogen) atoms. The van der Waals surface area contributed by atoms with Crippen molar-refractivity contribution in [3.63, 3.8) is 0 Å². The fraction of sp³-hybridized carbons (Fsp3) is 0.667. The van der Waals surface area contributed by atoms with Gasteiger partial charge in [0.1, 0.15) is 5.75 Å². The summed E-state index contributed by atoms with van der Waals surface area (Å²) in [6.45, 7) is 3.44. The fourth-order valence-corrected chi connectivity index (χ4v) is 4.10. The average Bonchev–Trinajstić information content (AvgIpc) is 2.54. The Balaban J connectivity index is 1.58. The summed E-state index contributed by atoms with van der Waals surface area (Å²) in [7, 11) is 1.71. The van der Waals surface area contributed by atoms with Crippen molar-refractivity contribution in [2.24, 2.45) is 17.6 Å². The Morgan fingerprint density at radius 3 is 2.86 bits per heavy atom. The Hall–Kier alpha value is -1.06. The number of fused-ring (bicyclic) bond motifs is 1. The molecule has 0 amide bonds. The van der Waals surface area contributed by atoms with Gasteiger partial charge in [0.2, 0.25) is 0 Å². The number of piperidine rings is 1. The molecule has 116 valence electrons. The van der Waals surface area contributed by atoms with Crippen LogP contribution in [0.25, 0.3) is 0 Å². The van der Waals surface area contributed by atoms with E-state index in [0.717, 1.165) is 24.1 Å². The van der Waals surface area contributed by atoms with Crippen molar-refractivity contribution in [3.8, 4) is 5.75 Å². The minimum absolute atomic E-state index is 0.0836. The quantitative estimate of drug-likeness (QED) is 0.924. The van der Waals surface area contributed by atoms with Crippen LogP contribution >= 0.6 is 0 Å². The van der Waals surface area contributed by atoms with E-state index in [9.17, 15) is 0 Å². The van der Waals surface area contributed by atoms with Gasteiger partial charge >= 0.3 is 0 Å². The Morgan fingerprint density at radius 1 is 1.24 bits per heavy atom. The highest BCUT2D eigenvalue weighted by atomic mass is 16.5. The first-order chi connectivity index (χ1) is 10.3. The summed E-state index contributed by atoms with van der Waals surface area (Å²) in [6, 6.07) is 8.27. The first kappa shape index (κ1) is 14.9. The van der Waals surface area contributed by atoms with Crippen LogP contribution in [0, 0.1) is 11.8 Å². The van der Waals surface area contributed by atoms with Gasteiger partial charge in [0.25, 0.3) is 0 Å². The predicted molar refractivity (Wildman–Crippen MR) is 86.4 cm³/mol. The minimum atomic E-state index is 0.0836.